The molecule has 4 rings (SSSR count). The number of piperidine rings is 1. The molecule has 1 aromatic rings. The molecule has 7 nitrogen and oxygen atoms in total. The van der Waals surface area contributed by atoms with E-state index in [1.165, 1.54) is 12.6 Å². The molecule has 140 valence electrons. The molecule has 0 bridgehead atoms. The van der Waals surface area contributed by atoms with Gasteiger partial charge in [0.25, 0.3) is 5.91 Å². The summed E-state index contributed by atoms with van der Waals surface area (Å²) in [6.45, 7) is 5.28. The molecule has 1 saturated carbocycles. The van der Waals surface area contributed by atoms with E-state index in [9.17, 15) is 9.59 Å². The summed E-state index contributed by atoms with van der Waals surface area (Å²) in [5.74, 6) is -0.317. The Bertz CT molecular complexity index is 729. The van der Waals surface area contributed by atoms with E-state index in [2.05, 4.69) is 9.88 Å². The van der Waals surface area contributed by atoms with Crippen LogP contribution in [-0.4, -0.2) is 57.5 Å². The van der Waals surface area contributed by atoms with Gasteiger partial charge < -0.3 is 4.90 Å². The van der Waals surface area contributed by atoms with Crippen LogP contribution in [0.5, 0.6) is 0 Å². The third-order valence-electron chi connectivity index (χ3n) is 6.41. The van der Waals surface area contributed by atoms with E-state index in [1.807, 2.05) is 11.0 Å². The van der Waals surface area contributed by atoms with Gasteiger partial charge in [-0.15, -0.1) is 0 Å². The maximum atomic E-state index is 11.7. The summed E-state index contributed by atoms with van der Waals surface area (Å²) in [6, 6.07) is 2.40. The van der Waals surface area contributed by atoms with Crippen molar-refractivity contribution in [3.05, 3.63) is 29.1 Å². The van der Waals surface area contributed by atoms with Gasteiger partial charge in [0.15, 0.2) is 0 Å². The van der Waals surface area contributed by atoms with Gasteiger partial charge in [-0.2, -0.15) is 0 Å². The smallest absolute Gasteiger partial charge is 0.276 e. The highest BCUT2D eigenvalue weighted by molar-refractivity contribution is 5.93. The number of nitrogens with one attached hydrogen (secondary N) is 1. The summed E-state index contributed by atoms with van der Waals surface area (Å²) < 4.78 is 0. The van der Waals surface area contributed by atoms with E-state index >= 15 is 0 Å². The maximum Gasteiger partial charge on any atom is 0.276 e. The molecule has 26 heavy (non-hydrogen) atoms. The molecule has 1 spiro atoms. The molecule has 1 aliphatic carbocycles. The first-order valence-corrected chi connectivity index (χ1v) is 9.41. The van der Waals surface area contributed by atoms with Crippen molar-refractivity contribution in [1.82, 2.24) is 20.3 Å². The van der Waals surface area contributed by atoms with E-state index in [0.29, 0.717) is 17.0 Å². The Labute approximate surface area is 153 Å². The first-order valence-electron chi connectivity index (χ1n) is 9.41. The molecular weight excluding hydrogens is 332 g/mol. The highest BCUT2D eigenvalue weighted by atomic mass is 16.5. The molecular formula is C19H26N4O3. The Hall–Kier alpha value is -1.99. The van der Waals surface area contributed by atoms with Gasteiger partial charge in [-0.3, -0.25) is 24.7 Å². The molecule has 2 fully saturated rings. The van der Waals surface area contributed by atoms with Gasteiger partial charge in [0.1, 0.15) is 0 Å². The van der Waals surface area contributed by atoms with Crippen molar-refractivity contribution >= 4 is 11.8 Å². The van der Waals surface area contributed by atoms with E-state index in [1.54, 1.807) is 12.4 Å². The van der Waals surface area contributed by atoms with Crippen molar-refractivity contribution in [2.75, 3.05) is 19.6 Å². The monoisotopic (exact) mass is 358 g/mol. The number of hydrogen-bond donors (Lipinski definition) is 2. The quantitative estimate of drug-likeness (QED) is 0.616. The molecule has 7 heteroatoms. The lowest BCUT2D eigenvalue weighted by atomic mass is 9.60. The standard InChI is InChI=1S/C19H26N4O3/c1-13(24)23-5-2-4-19(12-23)8-16(9-19)22-6-3-14-7-15(18(25)21-26)10-20-17(14)11-22/h7,10,16,26H,2-6,8-9,11-12H2,1H3,(H,21,25)/t16-,19+. The molecule has 0 unspecified atom stereocenters. The maximum absolute atomic E-state index is 11.7. The van der Waals surface area contributed by atoms with Gasteiger partial charge in [-0.25, -0.2) is 5.48 Å². The van der Waals surface area contributed by atoms with Crippen molar-refractivity contribution in [2.45, 2.75) is 51.6 Å². The predicted octanol–water partition coefficient (Wildman–Crippen LogP) is 1.35. The summed E-state index contributed by atoms with van der Waals surface area (Å²) in [5, 5.41) is 8.76. The minimum atomic E-state index is -0.518. The molecule has 2 amide bonds. The zero-order chi connectivity index (χ0) is 18.3. The number of carbonyl (C=O) groups is 2. The number of hydroxylamine groups is 1. The van der Waals surface area contributed by atoms with Crippen LogP contribution in [0.1, 0.15) is 54.2 Å². The average Bonchev–Trinajstić information content (AvgIpc) is 2.64. The Kier molecular flexibility index (Phi) is 4.44. The molecule has 0 atom stereocenters. The van der Waals surface area contributed by atoms with Crippen LogP contribution in [0, 0.1) is 5.41 Å². The topological polar surface area (TPSA) is 85.8 Å². The number of likely N-dealkylation sites (tertiary alicyclic amines) is 1. The van der Waals surface area contributed by atoms with Gasteiger partial charge in [0, 0.05) is 45.3 Å². The van der Waals surface area contributed by atoms with Crippen molar-refractivity contribution in [1.29, 1.82) is 0 Å². The number of nitrogens with zero attached hydrogens (tertiary/aromatic N) is 3. The molecule has 0 radical (unpaired) electrons. The largest absolute Gasteiger partial charge is 0.342 e. The second-order valence-electron chi connectivity index (χ2n) is 8.10. The van der Waals surface area contributed by atoms with E-state index in [4.69, 9.17) is 5.21 Å². The Morgan fingerprint density at radius 2 is 2.15 bits per heavy atom. The van der Waals surface area contributed by atoms with Crippen LogP contribution in [0.3, 0.4) is 0 Å². The number of aromatic nitrogens is 1. The lowest BCUT2D eigenvalue weighted by Crippen LogP contribution is -2.58. The van der Waals surface area contributed by atoms with E-state index in [-0.39, 0.29) is 5.91 Å². The molecule has 2 N–H and O–H groups in total. The predicted molar refractivity (Wildman–Crippen MR) is 94.5 cm³/mol. The summed E-state index contributed by atoms with van der Waals surface area (Å²) in [4.78, 5) is 32.2. The van der Waals surface area contributed by atoms with E-state index < -0.39 is 5.91 Å². The Balaban J connectivity index is 1.38. The van der Waals surface area contributed by atoms with Gasteiger partial charge in [-0.05, 0) is 49.1 Å². The second-order valence-corrected chi connectivity index (χ2v) is 8.10. The summed E-state index contributed by atoms with van der Waals surface area (Å²) >= 11 is 0. The van der Waals surface area contributed by atoms with Gasteiger partial charge >= 0.3 is 0 Å². The molecule has 3 aliphatic rings. The van der Waals surface area contributed by atoms with E-state index in [0.717, 1.165) is 63.1 Å². The number of pyridine rings is 1. The van der Waals surface area contributed by atoms with Crippen LogP contribution in [0.25, 0.3) is 0 Å². The molecule has 3 heterocycles. The highest BCUT2D eigenvalue weighted by Gasteiger charge is 2.49. The fourth-order valence-corrected chi connectivity index (χ4v) is 4.94. The fraction of sp³-hybridized carbons (Fsp3) is 0.632. The molecule has 0 aromatic carbocycles. The Morgan fingerprint density at radius 3 is 2.88 bits per heavy atom. The lowest BCUT2D eigenvalue weighted by Gasteiger charge is -2.56. The fourth-order valence-electron chi connectivity index (χ4n) is 4.94. The van der Waals surface area contributed by atoms with Crippen LogP contribution in [0.2, 0.25) is 0 Å². The third kappa shape index (κ3) is 3.10. The van der Waals surface area contributed by atoms with Crippen LogP contribution in [0.4, 0.5) is 0 Å². The van der Waals surface area contributed by atoms with Gasteiger partial charge in [0.05, 0.1) is 11.3 Å². The number of carbonyl (C=O) groups excluding carboxylic acids is 2. The lowest BCUT2D eigenvalue weighted by molar-refractivity contribution is -0.136. The van der Waals surface area contributed by atoms with Crippen LogP contribution in [0.15, 0.2) is 12.3 Å². The average molecular weight is 358 g/mol. The van der Waals surface area contributed by atoms with Crippen molar-refractivity contribution < 1.29 is 14.8 Å². The summed E-state index contributed by atoms with van der Waals surface area (Å²) in [7, 11) is 0. The van der Waals surface area contributed by atoms with Gasteiger partial charge in [-0.1, -0.05) is 0 Å². The summed E-state index contributed by atoms with van der Waals surface area (Å²) in [6.07, 6.45) is 7.08. The van der Waals surface area contributed by atoms with Crippen LogP contribution in [-0.2, 0) is 17.8 Å². The van der Waals surface area contributed by atoms with Crippen LogP contribution >= 0.6 is 0 Å². The van der Waals surface area contributed by atoms with Crippen LogP contribution < -0.4 is 5.48 Å². The Morgan fingerprint density at radius 1 is 1.35 bits per heavy atom. The number of fused-ring (bicyclic) bond motifs is 1. The van der Waals surface area contributed by atoms with Crippen molar-refractivity contribution in [2.24, 2.45) is 5.41 Å². The first kappa shape index (κ1) is 17.4. The van der Waals surface area contributed by atoms with Crippen molar-refractivity contribution in [3.8, 4) is 0 Å². The normalized spacial score (nSPS) is 28.4. The second kappa shape index (κ2) is 6.63. The molecule has 2 aliphatic heterocycles. The zero-order valence-electron chi connectivity index (χ0n) is 15.2. The SMILES string of the molecule is CC(=O)N1CCC[C@]2(C1)C[C@@H](N1CCc3cc(C(=O)NO)cnc3C1)C2. The number of rotatable bonds is 2. The minimum Gasteiger partial charge on any atom is -0.342 e. The van der Waals surface area contributed by atoms with Crippen molar-refractivity contribution in [3.63, 3.8) is 0 Å². The number of amides is 2. The number of hydrogen-bond acceptors (Lipinski definition) is 5. The van der Waals surface area contributed by atoms with Gasteiger partial charge in [0.2, 0.25) is 5.91 Å². The molecule has 1 saturated heterocycles. The zero-order valence-corrected chi connectivity index (χ0v) is 15.2. The molecule has 1 aromatic heterocycles. The summed E-state index contributed by atoms with van der Waals surface area (Å²) in [5.41, 5.74) is 4.50. The third-order valence-corrected chi connectivity index (χ3v) is 6.41. The first-order chi connectivity index (χ1) is 12.5. The highest BCUT2D eigenvalue weighted by Crippen LogP contribution is 2.50. The minimum absolute atomic E-state index is 0.200.